The minimum absolute atomic E-state index is 0.195. The lowest BCUT2D eigenvalue weighted by Gasteiger charge is -2.47. The molecule has 1 saturated carbocycles. The quantitative estimate of drug-likeness (QED) is 0.885. The van der Waals surface area contributed by atoms with Crippen LogP contribution in [-0.4, -0.2) is 31.1 Å². The minimum Gasteiger partial charge on any atom is -0.311 e. The Hall–Kier alpha value is -0.640. The fourth-order valence-corrected chi connectivity index (χ4v) is 2.66. The number of likely N-dealkylation sites (N-methyl/N-ethyl adjacent to an activating group) is 1. The average Bonchev–Trinajstić information content (AvgIpc) is 2.26. The maximum Gasteiger partial charge on any atom is 0.141 e. The Balaban J connectivity index is 1.86. The van der Waals surface area contributed by atoms with Crippen LogP contribution in [0, 0.1) is 5.82 Å². The molecule has 0 atom stereocenters. The third-order valence-corrected chi connectivity index (χ3v) is 4.29. The number of hydrogen-bond donors (Lipinski definition) is 1. The molecule has 0 spiro atoms. The Bertz CT molecular complexity index is 416. The predicted octanol–water partition coefficient (Wildman–Crippen LogP) is 3.05. The molecule has 100 valence electrons. The van der Waals surface area contributed by atoms with Gasteiger partial charge < -0.3 is 10.2 Å². The first-order valence-corrected chi connectivity index (χ1v) is 6.73. The summed E-state index contributed by atoms with van der Waals surface area (Å²) in [7, 11) is 4.27. The Kier molecular flexibility index (Phi) is 4.25. The second kappa shape index (κ2) is 5.55. The second-order valence-electron chi connectivity index (χ2n) is 5.32. The SMILES string of the molecule is CN(C)C1(CNCc2ccc(F)c(Cl)c2)CCC1. The number of rotatable bonds is 5. The molecule has 0 heterocycles. The van der Waals surface area contributed by atoms with Gasteiger partial charge in [0.1, 0.15) is 5.82 Å². The van der Waals surface area contributed by atoms with E-state index in [0.717, 1.165) is 18.7 Å². The van der Waals surface area contributed by atoms with Crippen LogP contribution in [0.15, 0.2) is 18.2 Å². The molecule has 2 nitrogen and oxygen atoms in total. The summed E-state index contributed by atoms with van der Waals surface area (Å²) in [4.78, 5) is 2.31. The third kappa shape index (κ3) is 2.85. The summed E-state index contributed by atoms with van der Waals surface area (Å²) < 4.78 is 13.0. The fraction of sp³-hybridized carbons (Fsp3) is 0.571. The number of halogens is 2. The summed E-state index contributed by atoms with van der Waals surface area (Å²) >= 11 is 5.76. The van der Waals surface area contributed by atoms with E-state index in [1.165, 1.54) is 25.3 Å². The van der Waals surface area contributed by atoms with Gasteiger partial charge in [-0.1, -0.05) is 17.7 Å². The van der Waals surface area contributed by atoms with Crippen LogP contribution < -0.4 is 5.32 Å². The highest BCUT2D eigenvalue weighted by Gasteiger charge is 2.38. The predicted molar refractivity (Wildman–Crippen MR) is 73.4 cm³/mol. The van der Waals surface area contributed by atoms with Gasteiger partial charge in [-0.2, -0.15) is 0 Å². The zero-order chi connectivity index (χ0) is 13.2. The summed E-state index contributed by atoms with van der Waals surface area (Å²) in [6.07, 6.45) is 3.80. The molecule has 1 aliphatic carbocycles. The Morgan fingerprint density at radius 3 is 2.61 bits per heavy atom. The summed E-state index contributed by atoms with van der Waals surface area (Å²) in [5.41, 5.74) is 1.33. The summed E-state index contributed by atoms with van der Waals surface area (Å²) in [5.74, 6) is -0.357. The fourth-order valence-electron chi connectivity index (χ4n) is 2.46. The zero-order valence-corrected chi connectivity index (χ0v) is 11.7. The molecule has 0 radical (unpaired) electrons. The smallest absolute Gasteiger partial charge is 0.141 e. The van der Waals surface area contributed by atoms with Crippen molar-refractivity contribution in [3.8, 4) is 0 Å². The van der Waals surface area contributed by atoms with E-state index in [-0.39, 0.29) is 10.8 Å². The molecule has 0 amide bonds. The first-order chi connectivity index (χ1) is 8.53. The van der Waals surface area contributed by atoms with Crippen LogP contribution in [0.4, 0.5) is 4.39 Å². The van der Waals surface area contributed by atoms with Gasteiger partial charge in [0.25, 0.3) is 0 Å². The number of nitrogens with zero attached hydrogens (tertiary/aromatic N) is 1. The molecular formula is C14H20ClFN2. The van der Waals surface area contributed by atoms with Crippen molar-refractivity contribution in [3.63, 3.8) is 0 Å². The molecular weight excluding hydrogens is 251 g/mol. The third-order valence-electron chi connectivity index (χ3n) is 4.00. The molecule has 18 heavy (non-hydrogen) atoms. The lowest BCUT2D eigenvalue weighted by Crippen LogP contribution is -2.56. The lowest BCUT2D eigenvalue weighted by atomic mass is 9.75. The van der Waals surface area contributed by atoms with Crippen molar-refractivity contribution in [2.75, 3.05) is 20.6 Å². The van der Waals surface area contributed by atoms with Crippen LogP contribution in [0.1, 0.15) is 24.8 Å². The van der Waals surface area contributed by atoms with Crippen molar-refractivity contribution in [2.45, 2.75) is 31.3 Å². The molecule has 1 aromatic rings. The molecule has 0 bridgehead atoms. The van der Waals surface area contributed by atoms with Gasteiger partial charge in [-0.25, -0.2) is 4.39 Å². The summed E-state index contributed by atoms with van der Waals surface area (Å²) in [6, 6.07) is 4.88. The maximum absolute atomic E-state index is 13.0. The van der Waals surface area contributed by atoms with Crippen molar-refractivity contribution in [1.82, 2.24) is 10.2 Å². The molecule has 2 rings (SSSR count). The van der Waals surface area contributed by atoms with Crippen LogP contribution in [-0.2, 0) is 6.54 Å². The van der Waals surface area contributed by atoms with Gasteiger partial charge >= 0.3 is 0 Å². The first kappa shape index (κ1) is 13.8. The van der Waals surface area contributed by atoms with E-state index >= 15 is 0 Å². The van der Waals surface area contributed by atoms with Gasteiger partial charge in [0.05, 0.1) is 5.02 Å². The first-order valence-electron chi connectivity index (χ1n) is 6.36. The molecule has 4 heteroatoms. The van der Waals surface area contributed by atoms with Crippen LogP contribution in [0.3, 0.4) is 0 Å². The molecule has 1 N–H and O–H groups in total. The standard InChI is InChI=1S/C14H20ClFN2/c1-18(2)14(6-3-7-14)10-17-9-11-4-5-13(16)12(15)8-11/h4-5,8,17H,3,6-7,9-10H2,1-2H3. The maximum atomic E-state index is 13.0. The largest absolute Gasteiger partial charge is 0.311 e. The van der Waals surface area contributed by atoms with E-state index in [1.54, 1.807) is 12.1 Å². The van der Waals surface area contributed by atoms with E-state index in [9.17, 15) is 4.39 Å². The Labute approximate surface area is 113 Å². The molecule has 1 fully saturated rings. The lowest BCUT2D eigenvalue weighted by molar-refractivity contribution is 0.0598. The summed E-state index contributed by atoms with van der Waals surface area (Å²) in [6.45, 7) is 1.70. The van der Waals surface area contributed by atoms with Gasteiger partial charge in [0.2, 0.25) is 0 Å². The van der Waals surface area contributed by atoms with Gasteiger partial charge in [-0.15, -0.1) is 0 Å². The number of nitrogens with one attached hydrogen (secondary N) is 1. The van der Waals surface area contributed by atoms with E-state index in [4.69, 9.17) is 11.6 Å². The van der Waals surface area contributed by atoms with Gasteiger partial charge in [-0.3, -0.25) is 0 Å². The Morgan fingerprint density at radius 1 is 1.39 bits per heavy atom. The molecule has 0 saturated heterocycles. The van der Waals surface area contributed by atoms with Gasteiger partial charge in [0.15, 0.2) is 0 Å². The molecule has 1 aromatic carbocycles. The topological polar surface area (TPSA) is 15.3 Å². The summed E-state index contributed by atoms with van der Waals surface area (Å²) in [5, 5.41) is 3.64. The molecule has 0 aliphatic heterocycles. The molecule has 1 aliphatic rings. The van der Waals surface area contributed by atoms with Gasteiger partial charge in [-0.05, 0) is 51.1 Å². The van der Waals surface area contributed by atoms with E-state index in [1.807, 2.05) is 0 Å². The highest BCUT2D eigenvalue weighted by molar-refractivity contribution is 6.30. The molecule has 0 aromatic heterocycles. The van der Waals surface area contributed by atoms with Crippen LogP contribution >= 0.6 is 11.6 Å². The number of benzene rings is 1. The van der Waals surface area contributed by atoms with Crippen molar-refractivity contribution >= 4 is 11.6 Å². The molecule has 0 unspecified atom stereocenters. The van der Waals surface area contributed by atoms with Crippen molar-refractivity contribution in [3.05, 3.63) is 34.6 Å². The highest BCUT2D eigenvalue weighted by atomic mass is 35.5. The van der Waals surface area contributed by atoms with Crippen LogP contribution in [0.5, 0.6) is 0 Å². The van der Waals surface area contributed by atoms with E-state index < -0.39 is 0 Å². The van der Waals surface area contributed by atoms with E-state index in [0.29, 0.717) is 5.54 Å². The minimum atomic E-state index is -0.357. The zero-order valence-electron chi connectivity index (χ0n) is 11.0. The van der Waals surface area contributed by atoms with Crippen molar-refractivity contribution in [2.24, 2.45) is 0 Å². The highest BCUT2D eigenvalue weighted by Crippen LogP contribution is 2.35. The monoisotopic (exact) mass is 270 g/mol. The average molecular weight is 271 g/mol. The van der Waals surface area contributed by atoms with Crippen LogP contribution in [0.25, 0.3) is 0 Å². The van der Waals surface area contributed by atoms with Crippen molar-refractivity contribution in [1.29, 1.82) is 0 Å². The Morgan fingerprint density at radius 2 is 2.11 bits per heavy atom. The number of hydrogen-bond acceptors (Lipinski definition) is 2. The van der Waals surface area contributed by atoms with Crippen LogP contribution in [0.2, 0.25) is 5.02 Å². The van der Waals surface area contributed by atoms with Crippen molar-refractivity contribution < 1.29 is 4.39 Å². The van der Waals surface area contributed by atoms with Gasteiger partial charge in [0, 0.05) is 18.6 Å². The second-order valence-corrected chi connectivity index (χ2v) is 5.73. The van der Waals surface area contributed by atoms with E-state index in [2.05, 4.69) is 24.3 Å². The normalized spacial score (nSPS) is 17.8.